The molecule has 0 unspecified atom stereocenters. The van der Waals surface area contributed by atoms with Gasteiger partial charge >= 0.3 is 0 Å². The molecule has 1 heterocycles. The van der Waals surface area contributed by atoms with Gasteiger partial charge in [-0.2, -0.15) is 5.26 Å². The molecule has 1 fully saturated rings. The normalized spacial score (nSPS) is 16.6. The largest absolute Gasteiger partial charge is 0.506 e. The van der Waals surface area contributed by atoms with Gasteiger partial charge in [0.1, 0.15) is 11.3 Å². The maximum Gasteiger partial charge on any atom is 0.253 e. The van der Waals surface area contributed by atoms with E-state index in [9.17, 15) is 9.90 Å². The molecule has 1 aliphatic rings. The van der Waals surface area contributed by atoms with Crippen molar-refractivity contribution in [3.05, 3.63) is 28.8 Å². The fraction of sp³-hybridized carbons (Fsp3) is 0.467. The Kier molecular flexibility index (Phi) is 4.40. The van der Waals surface area contributed by atoms with Crippen molar-refractivity contribution in [2.24, 2.45) is 0 Å². The van der Waals surface area contributed by atoms with Crippen molar-refractivity contribution in [1.82, 2.24) is 9.80 Å². The van der Waals surface area contributed by atoms with Crippen molar-refractivity contribution >= 4 is 17.5 Å². The number of carbonyl (C=O) groups is 1. The number of piperazine rings is 1. The third kappa shape index (κ3) is 3.29. The first-order chi connectivity index (χ1) is 9.85. The van der Waals surface area contributed by atoms with E-state index < -0.39 is 5.54 Å². The molecule has 1 aromatic carbocycles. The van der Waals surface area contributed by atoms with Gasteiger partial charge < -0.3 is 10.0 Å². The molecule has 0 spiro atoms. The number of aromatic hydroxyl groups is 1. The van der Waals surface area contributed by atoms with E-state index in [-0.39, 0.29) is 16.7 Å². The van der Waals surface area contributed by atoms with Gasteiger partial charge in [-0.05, 0) is 32.0 Å². The Bertz CT molecular complexity index is 587. The molecular formula is C15H18ClN3O2. The van der Waals surface area contributed by atoms with Crippen molar-refractivity contribution < 1.29 is 9.90 Å². The third-order valence-corrected chi connectivity index (χ3v) is 4.13. The Morgan fingerprint density at radius 3 is 2.48 bits per heavy atom. The van der Waals surface area contributed by atoms with Crippen LogP contribution in [-0.2, 0) is 0 Å². The van der Waals surface area contributed by atoms with Gasteiger partial charge in [0.05, 0.1) is 11.1 Å². The molecule has 1 aromatic rings. The highest BCUT2D eigenvalue weighted by Crippen LogP contribution is 2.25. The molecule has 6 heteroatoms. The second kappa shape index (κ2) is 5.92. The number of amides is 1. The summed E-state index contributed by atoms with van der Waals surface area (Å²) >= 11 is 5.83. The van der Waals surface area contributed by atoms with Gasteiger partial charge in [-0.25, -0.2) is 0 Å². The maximum absolute atomic E-state index is 12.4. The Morgan fingerprint density at radius 2 is 1.95 bits per heavy atom. The molecule has 0 radical (unpaired) electrons. The number of phenols is 1. The molecule has 0 atom stereocenters. The number of benzene rings is 1. The van der Waals surface area contributed by atoms with Crippen molar-refractivity contribution in [2.75, 3.05) is 26.2 Å². The second-order valence-corrected chi connectivity index (χ2v) is 6.02. The second-order valence-electron chi connectivity index (χ2n) is 5.62. The van der Waals surface area contributed by atoms with Crippen LogP contribution >= 0.6 is 11.6 Å². The predicted molar refractivity (Wildman–Crippen MR) is 80.3 cm³/mol. The van der Waals surface area contributed by atoms with Crippen LogP contribution < -0.4 is 0 Å². The summed E-state index contributed by atoms with van der Waals surface area (Å²) in [5.41, 5.74) is -0.0532. The average Bonchev–Trinajstić information content (AvgIpc) is 2.49. The van der Waals surface area contributed by atoms with Gasteiger partial charge in [0, 0.05) is 31.7 Å². The summed E-state index contributed by atoms with van der Waals surface area (Å²) in [6.07, 6.45) is 0. The minimum Gasteiger partial charge on any atom is -0.506 e. The first-order valence-electron chi connectivity index (χ1n) is 6.79. The highest BCUT2D eigenvalue weighted by Gasteiger charge is 2.31. The lowest BCUT2D eigenvalue weighted by molar-refractivity contribution is 0.0521. The molecule has 0 bridgehead atoms. The number of hydrogen-bond acceptors (Lipinski definition) is 4. The zero-order chi connectivity index (χ0) is 15.6. The Hall–Kier alpha value is -1.77. The summed E-state index contributed by atoms with van der Waals surface area (Å²) in [5.74, 6) is -0.139. The average molecular weight is 308 g/mol. The molecule has 1 saturated heterocycles. The molecule has 1 amide bonds. The fourth-order valence-electron chi connectivity index (χ4n) is 2.36. The molecule has 112 valence electrons. The Labute approximate surface area is 129 Å². The standard InChI is InChI=1S/C15H18ClN3O2/c1-15(2,10-17)19-7-5-18(6-8-19)14(21)11-3-4-13(20)12(16)9-11/h3-4,9,20H,5-8H2,1-2H3. The van der Waals surface area contributed by atoms with Crippen LogP contribution in [0.1, 0.15) is 24.2 Å². The van der Waals surface area contributed by atoms with Crippen LogP contribution in [0.3, 0.4) is 0 Å². The van der Waals surface area contributed by atoms with Gasteiger partial charge in [0.2, 0.25) is 0 Å². The lowest BCUT2D eigenvalue weighted by Gasteiger charge is -2.40. The minimum atomic E-state index is -0.517. The molecule has 2 rings (SSSR count). The summed E-state index contributed by atoms with van der Waals surface area (Å²) in [6.45, 7) is 6.23. The summed E-state index contributed by atoms with van der Waals surface area (Å²) in [7, 11) is 0. The number of rotatable bonds is 2. The van der Waals surface area contributed by atoms with Gasteiger partial charge in [-0.1, -0.05) is 11.6 Å². The zero-order valence-electron chi connectivity index (χ0n) is 12.1. The van der Waals surface area contributed by atoms with E-state index in [1.54, 1.807) is 11.0 Å². The van der Waals surface area contributed by atoms with Crippen LogP contribution in [0.2, 0.25) is 5.02 Å². The smallest absolute Gasteiger partial charge is 0.253 e. The molecule has 0 aliphatic carbocycles. The van der Waals surface area contributed by atoms with E-state index in [4.69, 9.17) is 16.9 Å². The van der Waals surface area contributed by atoms with Gasteiger partial charge in [-0.15, -0.1) is 0 Å². The van der Waals surface area contributed by atoms with Crippen LogP contribution in [0, 0.1) is 11.3 Å². The van der Waals surface area contributed by atoms with Crippen molar-refractivity contribution in [1.29, 1.82) is 5.26 Å². The topological polar surface area (TPSA) is 67.6 Å². The molecule has 1 aliphatic heterocycles. The van der Waals surface area contributed by atoms with E-state index >= 15 is 0 Å². The number of halogens is 1. The lowest BCUT2D eigenvalue weighted by Crippen LogP contribution is -2.55. The van der Waals surface area contributed by atoms with Gasteiger partial charge in [-0.3, -0.25) is 9.69 Å². The maximum atomic E-state index is 12.4. The number of nitriles is 1. The van der Waals surface area contributed by atoms with Crippen LogP contribution in [0.5, 0.6) is 5.75 Å². The highest BCUT2D eigenvalue weighted by atomic mass is 35.5. The van der Waals surface area contributed by atoms with Gasteiger partial charge in [0.15, 0.2) is 0 Å². The van der Waals surface area contributed by atoms with E-state index in [2.05, 4.69) is 11.0 Å². The number of hydrogen-bond donors (Lipinski definition) is 1. The van der Waals surface area contributed by atoms with Crippen molar-refractivity contribution in [3.63, 3.8) is 0 Å². The summed E-state index contributed by atoms with van der Waals surface area (Å²) in [4.78, 5) is 16.2. The Balaban J connectivity index is 2.04. The molecule has 0 saturated carbocycles. The highest BCUT2D eigenvalue weighted by molar-refractivity contribution is 6.32. The summed E-state index contributed by atoms with van der Waals surface area (Å²) in [5, 5.41) is 18.7. The van der Waals surface area contributed by atoms with Crippen molar-refractivity contribution in [2.45, 2.75) is 19.4 Å². The van der Waals surface area contributed by atoms with Crippen LogP contribution in [0.15, 0.2) is 18.2 Å². The summed E-state index contributed by atoms with van der Waals surface area (Å²) in [6, 6.07) is 6.74. The quantitative estimate of drug-likeness (QED) is 0.908. The molecule has 21 heavy (non-hydrogen) atoms. The van der Waals surface area contributed by atoms with E-state index in [1.807, 2.05) is 13.8 Å². The van der Waals surface area contributed by atoms with Crippen LogP contribution in [0.4, 0.5) is 0 Å². The van der Waals surface area contributed by atoms with E-state index in [0.29, 0.717) is 31.7 Å². The summed E-state index contributed by atoms with van der Waals surface area (Å²) < 4.78 is 0. The molecule has 0 aromatic heterocycles. The number of phenolic OH excluding ortho intramolecular Hbond substituents is 1. The number of carbonyl (C=O) groups excluding carboxylic acids is 1. The lowest BCUT2D eigenvalue weighted by atomic mass is 10.0. The molecule has 5 nitrogen and oxygen atoms in total. The van der Waals surface area contributed by atoms with E-state index in [1.165, 1.54) is 12.1 Å². The monoisotopic (exact) mass is 307 g/mol. The van der Waals surface area contributed by atoms with Crippen molar-refractivity contribution in [3.8, 4) is 11.8 Å². The first-order valence-corrected chi connectivity index (χ1v) is 7.17. The van der Waals surface area contributed by atoms with Gasteiger partial charge in [0.25, 0.3) is 5.91 Å². The van der Waals surface area contributed by atoms with Crippen LogP contribution in [-0.4, -0.2) is 52.5 Å². The zero-order valence-corrected chi connectivity index (χ0v) is 12.9. The minimum absolute atomic E-state index is 0.0335. The fourth-order valence-corrected chi connectivity index (χ4v) is 2.54. The SMILES string of the molecule is CC(C)(C#N)N1CCN(C(=O)c2ccc(O)c(Cl)c2)CC1. The number of nitrogens with zero attached hydrogens (tertiary/aromatic N) is 3. The van der Waals surface area contributed by atoms with Crippen LogP contribution in [0.25, 0.3) is 0 Å². The third-order valence-electron chi connectivity index (χ3n) is 3.83. The molecular weight excluding hydrogens is 290 g/mol. The Morgan fingerprint density at radius 1 is 1.33 bits per heavy atom. The molecule has 1 N–H and O–H groups in total. The predicted octanol–water partition coefficient (Wildman–Crippen LogP) is 2.11. The van der Waals surface area contributed by atoms with E-state index in [0.717, 1.165) is 0 Å². The first kappa shape index (κ1) is 15.6.